The van der Waals surface area contributed by atoms with Gasteiger partial charge in [0.15, 0.2) is 0 Å². The highest BCUT2D eigenvalue weighted by atomic mass is 32.2. The fourth-order valence-electron chi connectivity index (χ4n) is 4.47. The van der Waals surface area contributed by atoms with Crippen LogP contribution >= 0.6 is 0 Å². The lowest BCUT2D eigenvalue weighted by Crippen LogP contribution is -2.57. The average Bonchev–Trinajstić information content (AvgIpc) is 2.80. The maximum Gasteiger partial charge on any atom is 0.250 e. The number of nitrogens with one attached hydrogen (secondary N) is 1. The maximum atomic E-state index is 13.4. The Labute approximate surface area is 195 Å². The number of anilines is 2. The van der Waals surface area contributed by atoms with E-state index >= 15 is 0 Å². The largest absolute Gasteiger partial charge is 0.358 e. The highest BCUT2D eigenvalue weighted by Crippen LogP contribution is 2.40. The first kappa shape index (κ1) is 23.3. The van der Waals surface area contributed by atoms with Gasteiger partial charge in [-0.2, -0.15) is 0 Å². The molecule has 0 saturated carbocycles. The Kier molecular flexibility index (Phi) is 6.45. The third-order valence-electron chi connectivity index (χ3n) is 6.42. The van der Waals surface area contributed by atoms with E-state index in [0.717, 1.165) is 46.9 Å². The number of nitrogens with zero attached hydrogens (tertiary/aromatic N) is 3. The van der Waals surface area contributed by atoms with E-state index in [2.05, 4.69) is 10.2 Å². The SMILES string of the molecule is Cc1ccccc1CNC(=O)CN1C(=O)[C@H]2CCCCN2c2ccc(S(=O)(=O)N(C)C)cc21. The van der Waals surface area contributed by atoms with E-state index in [0.29, 0.717) is 12.2 Å². The van der Waals surface area contributed by atoms with Gasteiger partial charge in [0.05, 0.1) is 16.3 Å². The van der Waals surface area contributed by atoms with Gasteiger partial charge in [0.25, 0.3) is 0 Å². The summed E-state index contributed by atoms with van der Waals surface area (Å²) in [4.78, 5) is 29.9. The molecule has 1 saturated heterocycles. The summed E-state index contributed by atoms with van der Waals surface area (Å²) in [5.41, 5.74) is 3.35. The minimum atomic E-state index is -3.68. The predicted molar refractivity (Wildman–Crippen MR) is 128 cm³/mol. The number of hydrogen-bond acceptors (Lipinski definition) is 5. The minimum Gasteiger partial charge on any atom is -0.358 e. The summed E-state index contributed by atoms with van der Waals surface area (Å²) in [5, 5.41) is 2.90. The van der Waals surface area contributed by atoms with E-state index in [1.165, 1.54) is 25.1 Å². The van der Waals surface area contributed by atoms with Crippen molar-refractivity contribution in [1.29, 1.82) is 0 Å². The van der Waals surface area contributed by atoms with Crippen LogP contribution < -0.4 is 15.1 Å². The number of piperidine rings is 1. The molecule has 2 amide bonds. The lowest BCUT2D eigenvalue weighted by Gasteiger charge is -2.45. The molecule has 0 bridgehead atoms. The molecule has 1 atom stereocenters. The summed E-state index contributed by atoms with van der Waals surface area (Å²) >= 11 is 0. The van der Waals surface area contributed by atoms with Crippen LogP contribution in [0.2, 0.25) is 0 Å². The molecule has 2 aliphatic heterocycles. The smallest absolute Gasteiger partial charge is 0.250 e. The molecule has 33 heavy (non-hydrogen) atoms. The van der Waals surface area contributed by atoms with E-state index in [1.807, 2.05) is 31.2 Å². The van der Waals surface area contributed by atoms with Gasteiger partial charge in [-0.25, -0.2) is 12.7 Å². The summed E-state index contributed by atoms with van der Waals surface area (Å²) in [5.74, 6) is -0.449. The number of amides is 2. The van der Waals surface area contributed by atoms with Crippen molar-refractivity contribution in [3.05, 3.63) is 53.6 Å². The molecule has 0 unspecified atom stereocenters. The van der Waals surface area contributed by atoms with Crippen molar-refractivity contribution in [2.45, 2.75) is 43.7 Å². The first-order valence-electron chi connectivity index (χ1n) is 11.2. The highest BCUT2D eigenvalue weighted by molar-refractivity contribution is 7.89. The van der Waals surface area contributed by atoms with Gasteiger partial charge in [-0.1, -0.05) is 24.3 Å². The lowest BCUT2D eigenvalue weighted by molar-refractivity contribution is -0.125. The van der Waals surface area contributed by atoms with Gasteiger partial charge in [0.2, 0.25) is 21.8 Å². The fraction of sp³-hybridized carbons (Fsp3) is 0.417. The van der Waals surface area contributed by atoms with Crippen LogP contribution in [0.5, 0.6) is 0 Å². The molecule has 0 spiro atoms. The molecule has 0 aromatic heterocycles. The van der Waals surface area contributed by atoms with Gasteiger partial charge in [-0.05, 0) is 55.5 Å². The van der Waals surface area contributed by atoms with Crippen molar-refractivity contribution in [3.8, 4) is 0 Å². The van der Waals surface area contributed by atoms with E-state index in [4.69, 9.17) is 0 Å². The Morgan fingerprint density at radius 3 is 2.61 bits per heavy atom. The van der Waals surface area contributed by atoms with Gasteiger partial charge in [0, 0.05) is 27.2 Å². The number of rotatable bonds is 6. The topological polar surface area (TPSA) is 90.0 Å². The summed E-state index contributed by atoms with van der Waals surface area (Å²) in [6, 6.07) is 12.3. The van der Waals surface area contributed by atoms with Gasteiger partial charge < -0.3 is 10.2 Å². The summed E-state index contributed by atoms with van der Waals surface area (Å²) in [7, 11) is -0.745. The molecule has 176 valence electrons. The number of aryl methyl sites for hydroxylation is 1. The zero-order valence-corrected chi connectivity index (χ0v) is 20.1. The second-order valence-electron chi connectivity index (χ2n) is 8.77. The fourth-order valence-corrected chi connectivity index (χ4v) is 5.40. The van der Waals surface area contributed by atoms with E-state index < -0.39 is 10.0 Å². The van der Waals surface area contributed by atoms with Crippen LogP contribution in [0.15, 0.2) is 47.4 Å². The molecular weight excluding hydrogens is 440 g/mol. The van der Waals surface area contributed by atoms with Crippen molar-refractivity contribution in [2.24, 2.45) is 0 Å². The Morgan fingerprint density at radius 2 is 1.88 bits per heavy atom. The second-order valence-corrected chi connectivity index (χ2v) is 10.9. The normalized spacial score (nSPS) is 18.2. The minimum absolute atomic E-state index is 0.0971. The van der Waals surface area contributed by atoms with Crippen molar-refractivity contribution < 1.29 is 18.0 Å². The molecule has 0 aliphatic carbocycles. The van der Waals surface area contributed by atoms with Crippen LogP contribution in [0.4, 0.5) is 11.4 Å². The molecule has 4 rings (SSSR count). The molecule has 0 radical (unpaired) electrons. The van der Waals surface area contributed by atoms with E-state index in [1.54, 1.807) is 12.1 Å². The Balaban J connectivity index is 1.64. The van der Waals surface area contributed by atoms with Crippen molar-refractivity contribution in [2.75, 3.05) is 37.0 Å². The quantitative estimate of drug-likeness (QED) is 0.700. The Bertz CT molecular complexity index is 1180. The van der Waals surface area contributed by atoms with Crippen molar-refractivity contribution in [1.82, 2.24) is 9.62 Å². The third kappa shape index (κ3) is 4.47. The highest BCUT2D eigenvalue weighted by Gasteiger charge is 2.40. The average molecular weight is 471 g/mol. The number of fused-ring (bicyclic) bond motifs is 3. The number of hydrogen-bond donors (Lipinski definition) is 1. The molecule has 2 aromatic rings. The molecule has 2 heterocycles. The van der Waals surface area contributed by atoms with Crippen LogP contribution in [0.25, 0.3) is 0 Å². The van der Waals surface area contributed by atoms with Crippen molar-refractivity contribution in [3.63, 3.8) is 0 Å². The molecule has 1 N–H and O–H groups in total. The number of carbonyl (C=O) groups is 2. The molecular formula is C24H30N4O4S. The maximum absolute atomic E-state index is 13.4. The zero-order chi connectivity index (χ0) is 23.8. The first-order chi connectivity index (χ1) is 15.7. The molecule has 2 aliphatic rings. The van der Waals surface area contributed by atoms with Gasteiger partial charge in [-0.15, -0.1) is 0 Å². The van der Waals surface area contributed by atoms with Gasteiger partial charge in [-0.3, -0.25) is 14.5 Å². The van der Waals surface area contributed by atoms with Crippen LogP contribution in [0, 0.1) is 6.92 Å². The molecule has 9 heteroatoms. The predicted octanol–water partition coefficient (Wildman–Crippen LogP) is 2.27. The summed E-state index contributed by atoms with van der Waals surface area (Å²) in [6.07, 6.45) is 2.64. The Hall–Kier alpha value is -2.91. The molecule has 2 aromatic carbocycles. The van der Waals surface area contributed by atoms with Gasteiger partial charge in [0.1, 0.15) is 12.6 Å². The number of benzene rings is 2. The van der Waals surface area contributed by atoms with Crippen LogP contribution in [0.1, 0.15) is 30.4 Å². The number of carbonyl (C=O) groups excluding carboxylic acids is 2. The zero-order valence-electron chi connectivity index (χ0n) is 19.2. The van der Waals surface area contributed by atoms with Crippen LogP contribution in [0.3, 0.4) is 0 Å². The van der Waals surface area contributed by atoms with Crippen molar-refractivity contribution >= 4 is 33.2 Å². The lowest BCUT2D eigenvalue weighted by atomic mass is 9.96. The van der Waals surface area contributed by atoms with Crippen LogP contribution in [-0.2, 0) is 26.2 Å². The van der Waals surface area contributed by atoms with Crippen LogP contribution in [-0.4, -0.2) is 57.8 Å². The first-order valence-corrected chi connectivity index (χ1v) is 12.6. The molecule has 1 fully saturated rings. The summed E-state index contributed by atoms with van der Waals surface area (Å²) in [6.45, 7) is 2.92. The monoisotopic (exact) mass is 470 g/mol. The summed E-state index contributed by atoms with van der Waals surface area (Å²) < 4.78 is 26.6. The standard InChI is InChI=1S/C24H30N4O4S/c1-17-8-4-5-9-18(17)15-25-23(29)16-28-22-14-19(33(31,32)26(2)3)11-12-20(22)27-13-7-6-10-21(27)24(28)30/h4-5,8-9,11-12,14,21H,6-7,10,13,15-16H2,1-3H3,(H,25,29)/t21-/m1/s1. The third-order valence-corrected chi connectivity index (χ3v) is 8.23. The van der Waals surface area contributed by atoms with E-state index in [-0.39, 0.29) is 29.3 Å². The van der Waals surface area contributed by atoms with E-state index in [9.17, 15) is 18.0 Å². The Morgan fingerprint density at radius 1 is 1.12 bits per heavy atom. The second kappa shape index (κ2) is 9.15. The molecule has 8 nitrogen and oxygen atoms in total. The number of sulfonamides is 1. The van der Waals surface area contributed by atoms with Gasteiger partial charge >= 0.3 is 0 Å².